The first-order chi connectivity index (χ1) is 8.47. The van der Waals surface area contributed by atoms with Gasteiger partial charge in [0.05, 0.1) is 18.2 Å². The molecule has 0 heterocycles. The van der Waals surface area contributed by atoms with Crippen LogP contribution in [0.4, 0.5) is 0 Å². The van der Waals surface area contributed by atoms with Crippen LogP contribution in [0.25, 0.3) is 0 Å². The molecular formula is C11H19NO4S2. The summed E-state index contributed by atoms with van der Waals surface area (Å²) in [6, 6.07) is -0.650. The van der Waals surface area contributed by atoms with E-state index in [1.807, 2.05) is 6.92 Å². The normalized spacial score (nSPS) is 12.1. The number of aliphatic carboxylic acids is 1. The van der Waals surface area contributed by atoms with Gasteiger partial charge in [0.25, 0.3) is 0 Å². The summed E-state index contributed by atoms with van der Waals surface area (Å²) in [6.45, 7) is 1.95. The number of hydrogen-bond acceptors (Lipinski definition) is 6. The van der Waals surface area contributed by atoms with Crippen molar-refractivity contribution in [2.24, 2.45) is 5.73 Å². The molecule has 0 bridgehead atoms. The summed E-state index contributed by atoms with van der Waals surface area (Å²) in [4.78, 5) is 32.9. The van der Waals surface area contributed by atoms with Crippen molar-refractivity contribution >= 4 is 39.1 Å². The molecule has 7 heteroatoms. The fraction of sp³-hybridized carbons (Fsp3) is 0.727. The Bertz CT molecular complexity index is 297. The summed E-state index contributed by atoms with van der Waals surface area (Å²) in [5.41, 5.74) is 5.62. The smallest absolute Gasteiger partial charge is 0.303 e. The van der Waals surface area contributed by atoms with Gasteiger partial charge in [0.2, 0.25) is 0 Å². The number of Topliss-reactive ketones (excluding diaryl/α,β-unsaturated/α-hetero) is 2. The fourth-order valence-electron chi connectivity index (χ4n) is 1.09. The second kappa shape index (κ2) is 10.4. The predicted molar refractivity (Wildman–Crippen MR) is 74.7 cm³/mol. The third kappa shape index (κ3) is 9.49. The molecule has 0 aromatic heterocycles. The molecule has 0 saturated carbocycles. The highest BCUT2D eigenvalue weighted by molar-refractivity contribution is 8.76. The van der Waals surface area contributed by atoms with E-state index < -0.39 is 12.0 Å². The van der Waals surface area contributed by atoms with Gasteiger partial charge in [0, 0.05) is 18.6 Å². The molecule has 1 unspecified atom stereocenters. The van der Waals surface area contributed by atoms with Gasteiger partial charge < -0.3 is 10.8 Å². The average molecular weight is 293 g/mol. The van der Waals surface area contributed by atoms with Crippen LogP contribution in [-0.2, 0) is 14.4 Å². The molecular weight excluding hydrogens is 274 g/mol. The van der Waals surface area contributed by atoms with E-state index in [4.69, 9.17) is 10.8 Å². The van der Waals surface area contributed by atoms with E-state index in [-0.39, 0.29) is 24.4 Å². The second-order valence-electron chi connectivity index (χ2n) is 3.80. The van der Waals surface area contributed by atoms with E-state index in [1.54, 1.807) is 0 Å². The van der Waals surface area contributed by atoms with Gasteiger partial charge in [0.15, 0.2) is 5.78 Å². The Labute approximate surface area is 115 Å². The zero-order valence-electron chi connectivity index (χ0n) is 10.4. The molecule has 0 aliphatic rings. The number of carbonyl (C=O) groups is 3. The number of carbonyl (C=O) groups excluding carboxylic acids is 2. The molecule has 0 amide bonds. The Morgan fingerprint density at radius 2 is 1.83 bits per heavy atom. The first kappa shape index (κ1) is 17.5. The zero-order valence-corrected chi connectivity index (χ0v) is 12.0. The number of hydrogen-bond donors (Lipinski definition) is 2. The molecule has 104 valence electrons. The molecule has 18 heavy (non-hydrogen) atoms. The number of carboxylic acid groups (broad SMARTS) is 1. The Hall–Kier alpha value is -0.530. The molecule has 0 fully saturated rings. The number of rotatable bonds is 11. The van der Waals surface area contributed by atoms with Crippen molar-refractivity contribution in [3.8, 4) is 0 Å². The van der Waals surface area contributed by atoms with Crippen LogP contribution < -0.4 is 5.73 Å². The van der Waals surface area contributed by atoms with Gasteiger partial charge in [-0.25, -0.2) is 0 Å². The lowest BCUT2D eigenvalue weighted by Crippen LogP contribution is -2.32. The Morgan fingerprint density at radius 1 is 1.17 bits per heavy atom. The highest BCUT2D eigenvalue weighted by Crippen LogP contribution is 2.22. The summed E-state index contributed by atoms with van der Waals surface area (Å²) >= 11 is 0. The lowest BCUT2D eigenvalue weighted by Gasteiger charge is -2.08. The zero-order chi connectivity index (χ0) is 14.0. The lowest BCUT2D eigenvalue weighted by atomic mass is 10.1. The van der Waals surface area contributed by atoms with Crippen molar-refractivity contribution in [1.29, 1.82) is 0 Å². The first-order valence-electron chi connectivity index (χ1n) is 5.73. The molecule has 0 saturated heterocycles. The van der Waals surface area contributed by atoms with Crippen LogP contribution in [0.1, 0.15) is 32.6 Å². The molecule has 5 nitrogen and oxygen atoms in total. The standard InChI is InChI=1S/C11H19NO4S2/c1-2-3-8(13)6-17-18-7-9(12)10(14)4-5-11(15)16/h9H,2-7,12H2,1H3,(H,15,16). The molecule has 0 aromatic rings. The van der Waals surface area contributed by atoms with E-state index in [1.165, 1.54) is 21.6 Å². The molecule has 0 aliphatic heterocycles. The number of ketones is 2. The van der Waals surface area contributed by atoms with Crippen LogP contribution in [0.5, 0.6) is 0 Å². The van der Waals surface area contributed by atoms with Crippen LogP contribution in [0, 0.1) is 0 Å². The summed E-state index contributed by atoms with van der Waals surface area (Å²) < 4.78 is 0. The molecule has 0 radical (unpaired) electrons. The van der Waals surface area contributed by atoms with Crippen molar-refractivity contribution in [2.75, 3.05) is 11.5 Å². The van der Waals surface area contributed by atoms with E-state index >= 15 is 0 Å². The maximum Gasteiger partial charge on any atom is 0.303 e. The average Bonchev–Trinajstić information content (AvgIpc) is 2.31. The summed E-state index contributed by atoms with van der Waals surface area (Å²) in [5, 5.41) is 8.43. The molecule has 0 spiro atoms. The molecule has 0 rings (SSSR count). The number of nitrogens with two attached hydrogens (primary N) is 1. The minimum atomic E-state index is -0.997. The fourth-order valence-corrected chi connectivity index (χ4v) is 3.25. The van der Waals surface area contributed by atoms with Crippen molar-refractivity contribution < 1.29 is 19.5 Å². The van der Waals surface area contributed by atoms with Crippen molar-refractivity contribution in [2.45, 2.75) is 38.6 Å². The highest BCUT2D eigenvalue weighted by Gasteiger charge is 2.15. The van der Waals surface area contributed by atoms with Crippen molar-refractivity contribution in [1.82, 2.24) is 0 Å². The van der Waals surface area contributed by atoms with Gasteiger partial charge >= 0.3 is 5.97 Å². The van der Waals surface area contributed by atoms with Gasteiger partial charge in [-0.2, -0.15) is 0 Å². The van der Waals surface area contributed by atoms with Gasteiger partial charge in [-0.3, -0.25) is 14.4 Å². The Kier molecular flexibility index (Phi) is 10.1. The van der Waals surface area contributed by atoms with Crippen LogP contribution in [0.15, 0.2) is 0 Å². The van der Waals surface area contributed by atoms with Crippen LogP contribution in [0.2, 0.25) is 0 Å². The minimum Gasteiger partial charge on any atom is -0.481 e. The molecule has 1 atom stereocenters. The largest absolute Gasteiger partial charge is 0.481 e. The monoisotopic (exact) mass is 293 g/mol. The molecule has 3 N–H and O–H groups in total. The summed E-state index contributed by atoms with van der Waals surface area (Å²) in [5.74, 6) is -0.217. The maximum absolute atomic E-state index is 11.4. The highest BCUT2D eigenvalue weighted by atomic mass is 33.1. The van der Waals surface area contributed by atoms with Gasteiger partial charge in [0.1, 0.15) is 5.78 Å². The van der Waals surface area contributed by atoms with Gasteiger partial charge in [-0.05, 0) is 6.42 Å². The molecule has 0 aliphatic carbocycles. The number of carboxylic acids is 1. The van der Waals surface area contributed by atoms with Crippen molar-refractivity contribution in [3.63, 3.8) is 0 Å². The van der Waals surface area contributed by atoms with E-state index in [9.17, 15) is 14.4 Å². The van der Waals surface area contributed by atoms with Gasteiger partial charge in [-0.1, -0.05) is 28.5 Å². The third-order valence-electron chi connectivity index (χ3n) is 2.08. The second-order valence-corrected chi connectivity index (χ2v) is 6.31. The third-order valence-corrected chi connectivity index (χ3v) is 4.44. The van der Waals surface area contributed by atoms with Crippen molar-refractivity contribution in [3.05, 3.63) is 0 Å². The predicted octanol–water partition coefficient (Wildman–Crippen LogP) is 1.50. The quantitative estimate of drug-likeness (QED) is 0.440. The summed E-state index contributed by atoms with van der Waals surface area (Å²) in [7, 11) is 2.77. The van der Waals surface area contributed by atoms with E-state index in [2.05, 4.69) is 0 Å². The van der Waals surface area contributed by atoms with Crippen LogP contribution in [0.3, 0.4) is 0 Å². The Balaban J connectivity index is 3.63. The topological polar surface area (TPSA) is 97.5 Å². The first-order valence-corrected chi connectivity index (χ1v) is 8.22. The minimum absolute atomic E-state index is 0.0313. The van der Waals surface area contributed by atoms with Crippen LogP contribution in [-0.4, -0.2) is 40.2 Å². The SMILES string of the molecule is CCCC(=O)CSSCC(N)C(=O)CCC(=O)O. The summed E-state index contributed by atoms with van der Waals surface area (Å²) in [6.07, 6.45) is 1.21. The maximum atomic E-state index is 11.4. The van der Waals surface area contributed by atoms with E-state index in [0.717, 1.165) is 6.42 Å². The van der Waals surface area contributed by atoms with Crippen LogP contribution >= 0.6 is 21.6 Å². The van der Waals surface area contributed by atoms with E-state index in [0.29, 0.717) is 17.9 Å². The van der Waals surface area contributed by atoms with Gasteiger partial charge in [-0.15, -0.1) is 0 Å². The lowest BCUT2D eigenvalue weighted by molar-refractivity contribution is -0.138. The Morgan fingerprint density at radius 3 is 2.39 bits per heavy atom. The molecule has 0 aromatic carbocycles.